The lowest BCUT2D eigenvalue weighted by atomic mass is 9.88. The number of piperidine rings is 1. The lowest BCUT2D eigenvalue weighted by Crippen LogP contribution is -2.30. The zero-order valence-electron chi connectivity index (χ0n) is 11.0. The molecule has 0 radical (unpaired) electrons. The second-order valence-corrected chi connectivity index (χ2v) is 4.68. The highest BCUT2D eigenvalue weighted by Crippen LogP contribution is 2.33. The minimum atomic E-state index is -0.448. The molecule has 2 rings (SSSR count). The van der Waals surface area contributed by atoms with Gasteiger partial charge < -0.3 is 19.9 Å². The van der Waals surface area contributed by atoms with Gasteiger partial charge in [0, 0.05) is 6.07 Å². The maximum atomic E-state index is 10.4. The summed E-state index contributed by atoms with van der Waals surface area (Å²) in [5.41, 5.74) is 0.873. The number of ether oxygens (including phenoxy) is 2. The van der Waals surface area contributed by atoms with Gasteiger partial charge in [-0.15, -0.1) is 0 Å². The third-order valence-electron chi connectivity index (χ3n) is 3.55. The van der Waals surface area contributed by atoms with Gasteiger partial charge in [-0.25, -0.2) is 0 Å². The van der Waals surface area contributed by atoms with Crippen LogP contribution < -0.4 is 14.8 Å². The van der Waals surface area contributed by atoms with E-state index >= 15 is 0 Å². The van der Waals surface area contributed by atoms with Gasteiger partial charge in [0.15, 0.2) is 0 Å². The van der Waals surface area contributed by atoms with Crippen LogP contribution in [-0.2, 0) is 0 Å². The molecule has 1 aliphatic heterocycles. The molecular formula is C14H21NO3. The summed E-state index contributed by atoms with van der Waals surface area (Å²) in [4.78, 5) is 0. The minimum absolute atomic E-state index is 0.308. The number of benzene rings is 1. The predicted molar refractivity (Wildman–Crippen MR) is 70.1 cm³/mol. The highest BCUT2D eigenvalue weighted by molar-refractivity contribution is 5.39. The van der Waals surface area contributed by atoms with Gasteiger partial charge in [0.05, 0.1) is 20.3 Å². The van der Waals surface area contributed by atoms with Gasteiger partial charge in [-0.2, -0.15) is 0 Å². The summed E-state index contributed by atoms with van der Waals surface area (Å²) in [6, 6.07) is 5.59. The summed E-state index contributed by atoms with van der Waals surface area (Å²) >= 11 is 0. The molecule has 1 saturated heterocycles. The van der Waals surface area contributed by atoms with Gasteiger partial charge in [0.1, 0.15) is 11.5 Å². The average molecular weight is 251 g/mol. The van der Waals surface area contributed by atoms with Gasteiger partial charge in [-0.3, -0.25) is 0 Å². The Morgan fingerprint density at radius 2 is 1.67 bits per heavy atom. The monoisotopic (exact) mass is 251 g/mol. The van der Waals surface area contributed by atoms with Crippen molar-refractivity contribution in [3.63, 3.8) is 0 Å². The Bertz CT molecular complexity index is 366. The maximum absolute atomic E-state index is 10.4. The predicted octanol–water partition coefficient (Wildman–Crippen LogP) is 1.74. The first kappa shape index (κ1) is 13.2. The Morgan fingerprint density at radius 3 is 2.17 bits per heavy atom. The molecule has 4 heteroatoms. The third kappa shape index (κ3) is 2.94. The van der Waals surface area contributed by atoms with Crippen molar-refractivity contribution in [1.82, 2.24) is 5.32 Å². The quantitative estimate of drug-likeness (QED) is 0.856. The molecule has 0 aromatic heterocycles. The third-order valence-corrected chi connectivity index (χ3v) is 3.55. The maximum Gasteiger partial charge on any atom is 0.122 e. The number of hydrogen-bond donors (Lipinski definition) is 2. The Hall–Kier alpha value is -1.26. The summed E-state index contributed by atoms with van der Waals surface area (Å²) in [6.07, 6.45) is 1.55. The fraction of sp³-hybridized carbons (Fsp3) is 0.571. The zero-order chi connectivity index (χ0) is 13.0. The summed E-state index contributed by atoms with van der Waals surface area (Å²) in [6.45, 7) is 1.95. The van der Waals surface area contributed by atoms with E-state index in [0.717, 1.165) is 43.0 Å². The fourth-order valence-corrected chi connectivity index (χ4v) is 2.43. The van der Waals surface area contributed by atoms with Gasteiger partial charge >= 0.3 is 0 Å². The van der Waals surface area contributed by atoms with Crippen molar-refractivity contribution in [3.8, 4) is 11.5 Å². The van der Waals surface area contributed by atoms with Crippen LogP contribution in [0.25, 0.3) is 0 Å². The van der Waals surface area contributed by atoms with E-state index in [1.165, 1.54) is 0 Å². The number of aliphatic hydroxyl groups is 1. The molecule has 1 aromatic carbocycles. The Morgan fingerprint density at radius 1 is 1.11 bits per heavy atom. The van der Waals surface area contributed by atoms with E-state index in [2.05, 4.69) is 5.32 Å². The number of rotatable bonds is 4. The van der Waals surface area contributed by atoms with E-state index in [1.807, 2.05) is 18.2 Å². The lowest BCUT2D eigenvalue weighted by molar-refractivity contribution is 0.0885. The van der Waals surface area contributed by atoms with E-state index in [4.69, 9.17) is 9.47 Å². The van der Waals surface area contributed by atoms with Gasteiger partial charge in [-0.05, 0) is 49.5 Å². The van der Waals surface area contributed by atoms with Crippen molar-refractivity contribution < 1.29 is 14.6 Å². The molecule has 1 atom stereocenters. The molecule has 0 aliphatic carbocycles. The van der Waals surface area contributed by atoms with Crippen molar-refractivity contribution in [2.45, 2.75) is 18.9 Å². The van der Waals surface area contributed by atoms with E-state index < -0.39 is 6.10 Å². The normalized spacial score (nSPS) is 18.4. The largest absolute Gasteiger partial charge is 0.497 e. The zero-order valence-corrected chi connectivity index (χ0v) is 11.0. The molecule has 100 valence electrons. The van der Waals surface area contributed by atoms with Crippen molar-refractivity contribution in [2.75, 3.05) is 27.3 Å². The standard InChI is InChI=1S/C14H21NO3/c1-17-12-7-11(8-13(9-12)18-2)14(16)10-3-5-15-6-4-10/h7-10,14-16H,3-6H2,1-2H3. The molecule has 2 N–H and O–H groups in total. The first-order chi connectivity index (χ1) is 8.74. The summed E-state index contributed by atoms with van der Waals surface area (Å²) in [5.74, 6) is 1.75. The molecule has 1 aliphatic rings. The fourth-order valence-electron chi connectivity index (χ4n) is 2.43. The highest BCUT2D eigenvalue weighted by Gasteiger charge is 2.23. The molecule has 1 aromatic rings. The van der Waals surface area contributed by atoms with Gasteiger partial charge in [0.25, 0.3) is 0 Å². The summed E-state index contributed by atoms with van der Waals surface area (Å²) in [7, 11) is 3.24. The molecule has 0 spiro atoms. The van der Waals surface area contributed by atoms with Crippen LogP contribution in [0, 0.1) is 5.92 Å². The molecule has 0 saturated carbocycles. The molecule has 1 unspecified atom stereocenters. The minimum Gasteiger partial charge on any atom is -0.497 e. The molecule has 0 amide bonds. The smallest absolute Gasteiger partial charge is 0.122 e. The first-order valence-electron chi connectivity index (χ1n) is 6.36. The van der Waals surface area contributed by atoms with Crippen LogP contribution in [-0.4, -0.2) is 32.4 Å². The average Bonchev–Trinajstić information content (AvgIpc) is 2.46. The Balaban J connectivity index is 2.19. The van der Waals surface area contributed by atoms with Crippen molar-refractivity contribution >= 4 is 0 Å². The Labute approximate surface area is 108 Å². The second-order valence-electron chi connectivity index (χ2n) is 4.68. The SMILES string of the molecule is COc1cc(OC)cc(C(O)C2CCNCC2)c1. The van der Waals surface area contributed by atoms with Crippen molar-refractivity contribution in [1.29, 1.82) is 0 Å². The summed E-state index contributed by atoms with van der Waals surface area (Å²) in [5, 5.41) is 13.8. The van der Waals surface area contributed by atoms with E-state index in [9.17, 15) is 5.11 Å². The van der Waals surface area contributed by atoms with Crippen molar-refractivity contribution in [3.05, 3.63) is 23.8 Å². The molecule has 1 heterocycles. The highest BCUT2D eigenvalue weighted by atomic mass is 16.5. The van der Waals surface area contributed by atoms with Gasteiger partial charge in [-0.1, -0.05) is 0 Å². The van der Waals surface area contributed by atoms with Crippen LogP contribution in [0.2, 0.25) is 0 Å². The van der Waals surface area contributed by atoms with Crippen LogP contribution in [0.1, 0.15) is 24.5 Å². The van der Waals surface area contributed by atoms with Crippen LogP contribution in [0.5, 0.6) is 11.5 Å². The topological polar surface area (TPSA) is 50.7 Å². The molecule has 0 bridgehead atoms. The first-order valence-corrected chi connectivity index (χ1v) is 6.36. The van der Waals surface area contributed by atoms with Crippen LogP contribution >= 0.6 is 0 Å². The van der Waals surface area contributed by atoms with Crippen LogP contribution in [0.3, 0.4) is 0 Å². The molecule has 1 fully saturated rings. The number of hydrogen-bond acceptors (Lipinski definition) is 4. The molecular weight excluding hydrogens is 230 g/mol. The second kappa shape index (κ2) is 6.07. The van der Waals surface area contributed by atoms with E-state index in [1.54, 1.807) is 14.2 Å². The van der Waals surface area contributed by atoms with Crippen molar-refractivity contribution in [2.24, 2.45) is 5.92 Å². The molecule has 18 heavy (non-hydrogen) atoms. The number of aliphatic hydroxyl groups excluding tert-OH is 1. The van der Waals surface area contributed by atoms with Crippen LogP contribution in [0.15, 0.2) is 18.2 Å². The Kier molecular flexibility index (Phi) is 4.44. The lowest BCUT2D eigenvalue weighted by Gasteiger charge is -2.27. The van der Waals surface area contributed by atoms with E-state index in [-0.39, 0.29) is 0 Å². The summed E-state index contributed by atoms with van der Waals surface area (Å²) < 4.78 is 10.5. The van der Waals surface area contributed by atoms with E-state index in [0.29, 0.717) is 5.92 Å². The molecule has 4 nitrogen and oxygen atoms in total. The number of methoxy groups -OCH3 is 2. The van der Waals surface area contributed by atoms with Gasteiger partial charge in [0.2, 0.25) is 0 Å². The number of nitrogens with one attached hydrogen (secondary N) is 1. The van der Waals surface area contributed by atoms with Crippen LogP contribution in [0.4, 0.5) is 0 Å².